The highest BCUT2D eigenvalue weighted by atomic mass is 16.2. The van der Waals surface area contributed by atoms with Crippen molar-refractivity contribution in [1.29, 1.82) is 0 Å². The molecule has 0 saturated carbocycles. The fourth-order valence-electron chi connectivity index (χ4n) is 1.54. The van der Waals surface area contributed by atoms with Gasteiger partial charge in [0.05, 0.1) is 5.54 Å². The molecule has 1 unspecified atom stereocenters. The van der Waals surface area contributed by atoms with Gasteiger partial charge in [0, 0.05) is 0 Å². The minimum Gasteiger partial charge on any atom is -0.293 e. The molecule has 0 bridgehead atoms. The minimum atomic E-state index is -0.380. The number of nitrogens with two attached hydrogens (primary N) is 1. The first-order chi connectivity index (χ1) is 5.11. The topological polar surface area (TPSA) is 58.4 Å². The number of likely N-dealkylation sites (tertiary alicyclic amines) is 1. The number of carbonyl (C=O) groups excluding carboxylic acids is 1. The molecule has 3 N–H and O–H groups in total. The number of carbonyl (C=O) groups is 1. The Hall–Kier alpha value is -0.610. The molecule has 1 atom stereocenters. The van der Waals surface area contributed by atoms with Crippen LogP contribution >= 0.6 is 0 Å². The maximum Gasteiger partial charge on any atom is 0.254 e. The molecular formula is C7H15N3O. The molecule has 1 rings (SSSR count). The van der Waals surface area contributed by atoms with Gasteiger partial charge in [-0.15, -0.1) is 0 Å². The Morgan fingerprint density at radius 1 is 1.73 bits per heavy atom. The van der Waals surface area contributed by atoms with Gasteiger partial charge in [0.1, 0.15) is 0 Å². The first kappa shape index (κ1) is 8.49. The predicted octanol–water partition coefficient (Wildman–Crippen LogP) is -0.539. The van der Waals surface area contributed by atoms with Gasteiger partial charge in [-0.05, 0) is 33.4 Å². The highest BCUT2D eigenvalue weighted by Crippen LogP contribution is 2.26. The molecule has 64 valence electrons. The monoisotopic (exact) mass is 157 g/mol. The van der Waals surface area contributed by atoms with Crippen molar-refractivity contribution < 1.29 is 4.79 Å². The molecule has 1 heterocycles. The quantitative estimate of drug-likeness (QED) is 0.305. The zero-order valence-electron chi connectivity index (χ0n) is 7.05. The van der Waals surface area contributed by atoms with Crippen LogP contribution in [0.3, 0.4) is 0 Å². The second-order valence-corrected chi connectivity index (χ2v) is 3.27. The van der Waals surface area contributed by atoms with E-state index in [4.69, 9.17) is 5.84 Å². The van der Waals surface area contributed by atoms with E-state index in [1.165, 1.54) is 0 Å². The number of nitrogens with zero attached hydrogens (tertiary/aromatic N) is 1. The van der Waals surface area contributed by atoms with Crippen LogP contribution in [0.1, 0.15) is 19.8 Å². The second kappa shape index (κ2) is 2.79. The molecule has 1 saturated heterocycles. The van der Waals surface area contributed by atoms with E-state index in [1.54, 1.807) is 0 Å². The lowest BCUT2D eigenvalue weighted by Gasteiger charge is -2.29. The number of hydrazine groups is 1. The van der Waals surface area contributed by atoms with Crippen LogP contribution in [0, 0.1) is 0 Å². The fraction of sp³-hybridized carbons (Fsp3) is 0.857. The van der Waals surface area contributed by atoms with Crippen LogP contribution in [0.25, 0.3) is 0 Å². The van der Waals surface area contributed by atoms with Crippen molar-refractivity contribution in [3.63, 3.8) is 0 Å². The summed E-state index contributed by atoms with van der Waals surface area (Å²) in [5.41, 5.74) is 1.82. The van der Waals surface area contributed by atoms with E-state index in [-0.39, 0.29) is 11.4 Å². The lowest BCUT2D eigenvalue weighted by molar-refractivity contribution is -0.130. The van der Waals surface area contributed by atoms with E-state index in [0.717, 1.165) is 19.4 Å². The van der Waals surface area contributed by atoms with E-state index in [2.05, 4.69) is 5.43 Å². The van der Waals surface area contributed by atoms with Gasteiger partial charge in [-0.3, -0.25) is 15.1 Å². The highest BCUT2D eigenvalue weighted by Gasteiger charge is 2.40. The third kappa shape index (κ3) is 1.23. The number of hydrogen-bond donors (Lipinski definition) is 2. The molecule has 0 aromatic carbocycles. The molecule has 1 amide bonds. The second-order valence-electron chi connectivity index (χ2n) is 3.27. The summed E-state index contributed by atoms with van der Waals surface area (Å²) in [4.78, 5) is 13.3. The standard InChI is InChI=1S/C7H15N3O/c1-7(6(11)9-8)4-3-5-10(7)2/h3-5,8H2,1-2H3,(H,9,11). The normalized spacial score (nSPS) is 32.3. The largest absolute Gasteiger partial charge is 0.293 e. The average molecular weight is 157 g/mol. The van der Waals surface area contributed by atoms with Crippen LogP contribution in [-0.2, 0) is 4.79 Å². The number of hydrogen-bond acceptors (Lipinski definition) is 3. The number of amides is 1. The van der Waals surface area contributed by atoms with E-state index in [1.807, 2.05) is 18.9 Å². The van der Waals surface area contributed by atoms with Crippen molar-refractivity contribution in [3.05, 3.63) is 0 Å². The van der Waals surface area contributed by atoms with E-state index >= 15 is 0 Å². The summed E-state index contributed by atoms with van der Waals surface area (Å²) in [6.07, 6.45) is 1.97. The van der Waals surface area contributed by atoms with Gasteiger partial charge in [0.2, 0.25) is 0 Å². The van der Waals surface area contributed by atoms with Crippen molar-refractivity contribution in [2.24, 2.45) is 5.84 Å². The van der Waals surface area contributed by atoms with Crippen LogP contribution in [0.4, 0.5) is 0 Å². The van der Waals surface area contributed by atoms with Crippen molar-refractivity contribution in [2.75, 3.05) is 13.6 Å². The molecule has 1 fully saturated rings. The van der Waals surface area contributed by atoms with Crippen LogP contribution in [-0.4, -0.2) is 29.9 Å². The van der Waals surface area contributed by atoms with Gasteiger partial charge in [-0.25, -0.2) is 5.84 Å². The molecule has 0 aromatic rings. The summed E-state index contributed by atoms with van der Waals surface area (Å²) in [7, 11) is 1.95. The molecule has 0 spiro atoms. The van der Waals surface area contributed by atoms with Crippen molar-refractivity contribution in [2.45, 2.75) is 25.3 Å². The van der Waals surface area contributed by atoms with Crippen LogP contribution in [0.5, 0.6) is 0 Å². The lowest BCUT2D eigenvalue weighted by Crippen LogP contribution is -2.53. The lowest BCUT2D eigenvalue weighted by atomic mass is 9.99. The van der Waals surface area contributed by atoms with Gasteiger partial charge in [0.15, 0.2) is 0 Å². The average Bonchev–Trinajstić information content (AvgIpc) is 2.32. The molecule has 1 aliphatic rings. The Balaban J connectivity index is 2.72. The molecular weight excluding hydrogens is 142 g/mol. The van der Waals surface area contributed by atoms with E-state index < -0.39 is 0 Å². The predicted molar refractivity (Wildman–Crippen MR) is 42.6 cm³/mol. The summed E-state index contributed by atoms with van der Waals surface area (Å²) in [6.45, 7) is 2.89. The van der Waals surface area contributed by atoms with Gasteiger partial charge in [-0.1, -0.05) is 0 Å². The Bertz CT molecular complexity index is 171. The summed E-state index contributed by atoms with van der Waals surface area (Å²) in [5.74, 6) is 4.99. The summed E-state index contributed by atoms with van der Waals surface area (Å²) in [6, 6.07) is 0. The summed E-state index contributed by atoms with van der Waals surface area (Å²) >= 11 is 0. The molecule has 4 heteroatoms. The maximum absolute atomic E-state index is 11.3. The van der Waals surface area contributed by atoms with Crippen LogP contribution < -0.4 is 11.3 Å². The van der Waals surface area contributed by atoms with Crippen LogP contribution in [0.2, 0.25) is 0 Å². The molecule has 1 aliphatic heterocycles. The number of likely N-dealkylation sites (N-methyl/N-ethyl adjacent to an activating group) is 1. The molecule has 0 aromatic heterocycles. The molecule has 4 nitrogen and oxygen atoms in total. The van der Waals surface area contributed by atoms with Crippen molar-refractivity contribution in [3.8, 4) is 0 Å². The van der Waals surface area contributed by atoms with Crippen molar-refractivity contribution in [1.82, 2.24) is 10.3 Å². The van der Waals surface area contributed by atoms with Gasteiger partial charge >= 0.3 is 0 Å². The minimum absolute atomic E-state index is 0.0856. The van der Waals surface area contributed by atoms with Gasteiger partial charge < -0.3 is 0 Å². The first-order valence-electron chi connectivity index (χ1n) is 3.83. The highest BCUT2D eigenvalue weighted by molar-refractivity contribution is 5.85. The fourth-order valence-corrected chi connectivity index (χ4v) is 1.54. The Morgan fingerprint density at radius 2 is 2.36 bits per heavy atom. The molecule has 0 aliphatic carbocycles. The van der Waals surface area contributed by atoms with Crippen molar-refractivity contribution >= 4 is 5.91 Å². The number of rotatable bonds is 1. The Morgan fingerprint density at radius 3 is 2.73 bits per heavy atom. The first-order valence-corrected chi connectivity index (χ1v) is 3.83. The maximum atomic E-state index is 11.3. The van der Waals surface area contributed by atoms with Gasteiger partial charge in [0.25, 0.3) is 5.91 Å². The summed E-state index contributed by atoms with van der Waals surface area (Å²) < 4.78 is 0. The zero-order valence-corrected chi connectivity index (χ0v) is 7.05. The molecule has 11 heavy (non-hydrogen) atoms. The van der Waals surface area contributed by atoms with Gasteiger partial charge in [-0.2, -0.15) is 0 Å². The van der Waals surface area contributed by atoms with E-state index in [0.29, 0.717) is 0 Å². The summed E-state index contributed by atoms with van der Waals surface area (Å²) in [5, 5.41) is 0. The molecule has 0 radical (unpaired) electrons. The zero-order chi connectivity index (χ0) is 8.48. The smallest absolute Gasteiger partial charge is 0.254 e. The SMILES string of the molecule is CN1CCCC1(C)C(=O)NN. The van der Waals surface area contributed by atoms with Crippen LogP contribution in [0.15, 0.2) is 0 Å². The Kier molecular flexibility index (Phi) is 2.15. The van der Waals surface area contributed by atoms with E-state index in [9.17, 15) is 4.79 Å². The third-order valence-electron chi connectivity index (χ3n) is 2.62. The Labute approximate surface area is 66.7 Å². The third-order valence-corrected chi connectivity index (χ3v) is 2.62. The number of nitrogens with one attached hydrogen (secondary N) is 1.